The molecule has 0 radical (unpaired) electrons. The van der Waals surface area contributed by atoms with Crippen LogP contribution in [0.4, 0.5) is 0 Å². The molecule has 0 aromatic heterocycles. The second kappa shape index (κ2) is 6.53. The Morgan fingerprint density at radius 3 is 2.38 bits per heavy atom. The SMILES string of the molecule is C/C=C(\C)[C@H]1c2c(C)ccc3ccc(C)c(c23)[C@H](C2=CCCC=C2)N1O. The van der Waals surface area contributed by atoms with Gasteiger partial charge >= 0.3 is 0 Å². The van der Waals surface area contributed by atoms with E-state index in [1.807, 2.05) is 0 Å². The highest BCUT2D eigenvalue weighted by Crippen LogP contribution is 2.50. The van der Waals surface area contributed by atoms with Crippen LogP contribution >= 0.6 is 0 Å². The van der Waals surface area contributed by atoms with Crippen molar-refractivity contribution in [1.82, 2.24) is 5.06 Å². The minimum atomic E-state index is -0.121. The van der Waals surface area contributed by atoms with E-state index in [0.29, 0.717) is 0 Å². The molecule has 4 rings (SSSR count). The summed E-state index contributed by atoms with van der Waals surface area (Å²) >= 11 is 0. The van der Waals surface area contributed by atoms with Gasteiger partial charge in [0, 0.05) is 0 Å². The van der Waals surface area contributed by atoms with Crippen LogP contribution in [0.3, 0.4) is 0 Å². The summed E-state index contributed by atoms with van der Waals surface area (Å²) in [6.07, 6.45) is 10.9. The van der Waals surface area contributed by atoms with Crippen LogP contribution in [0, 0.1) is 13.8 Å². The zero-order chi connectivity index (χ0) is 18.4. The fourth-order valence-corrected chi connectivity index (χ4v) is 4.55. The van der Waals surface area contributed by atoms with Crippen LogP contribution < -0.4 is 0 Å². The second-order valence-corrected chi connectivity index (χ2v) is 7.59. The second-order valence-electron chi connectivity index (χ2n) is 7.59. The highest BCUT2D eigenvalue weighted by Gasteiger charge is 2.39. The summed E-state index contributed by atoms with van der Waals surface area (Å²) in [4.78, 5) is 0. The quantitative estimate of drug-likeness (QED) is 0.629. The minimum absolute atomic E-state index is 0.112. The first-order chi connectivity index (χ1) is 12.5. The van der Waals surface area contributed by atoms with Crippen molar-refractivity contribution in [1.29, 1.82) is 0 Å². The predicted octanol–water partition coefficient (Wildman–Crippen LogP) is 6.49. The zero-order valence-corrected chi connectivity index (χ0v) is 16.1. The molecule has 2 aromatic rings. The van der Waals surface area contributed by atoms with Crippen molar-refractivity contribution in [3.05, 3.63) is 82.0 Å². The van der Waals surface area contributed by atoms with E-state index in [1.165, 1.54) is 44.2 Å². The largest absolute Gasteiger partial charge is 0.312 e. The van der Waals surface area contributed by atoms with Crippen LogP contribution in [0.25, 0.3) is 10.8 Å². The van der Waals surface area contributed by atoms with Gasteiger partial charge in [-0.15, -0.1) is 0 Å². The number of allylic oxidation sites excluding steroid dienone is 3. The summed E-state index contributed by atoms with van der Waals surface area (Å²) in [6.45, 7) is 8.50. The molecule has 0 saturated heterocycles. The van der Waals surface area contributed by atoms with Gasteiger partial charge in [-0.05, 0) is 79.1 Å². The van der Waals surface area contributed by atoms with Crippen molar-refractivity contribution in [2.45, 2.75) is 52.6 Å². The molecule has 0 amide bonds. The van der Waals surface area contributed by atoms with E-state index in [0.717, 1.165) is 12.8 Å². The van der Waals surface area contributed by atoms with Crippen LogP contribution in [-0.2, 0) is 0 Å². The van der Waals surface area contributed by atoms with E-state index in [-0.39, 0.29) is 12.1 Å². The van der Waals surface area contributed by atoms with Gasteiger partial charge < -0.3 is 5.21 Å². The van der Waals surface area contributed by atoms with Gasteiger partial charge in [0.2, 0.25) is 0 Å². The highest BCUT2D eigenvalue weighted by atomic mass is 16.5. The van der Waals surface area contributed by atoms with E-state index in [4.69, 9.17) is 0 Å². The van der Waals surface area contributed by atoms with Crippen molar-refractivity contribution in [2.24, 2.45) is 0 Å². The summed E-state index contributed by atoms with van der Waals surface area (Å²) in [5.74, 6) is 0. The third kappa shape index (κ3) is 2.48. The summed E-state index contributed by atoms with van der Waals surface area (Å²) in [5, 5.41) is 15.6. The summed E-state index contributed by atoms with van der Waals surface area (Å²) < 4.78 is 0. The van der Waals surface area contributed by atoms with Gasteiger partial charge in [0.05, 0.1) is 12.1 Å². The van der Waals surface area contributed by atoms with Gasteiger partial charge in [-0.1, -0.05) is 54.1 Å². The number of hydroxylamine groups is 2. The molecule has 134 valence electrons. The topological polar surface area (TPSA) is 23.5 Å². The molecule has 0 bridgehead atoms. The predicted molar refractivity (Wildman–Crippen MR) is 108 cm³/mol. The molecule has 2 atom stereocenters. The van der Waals surface area contributed by atoms with Crippen molar-refractivity contribution < 1.29 is 5.21 Å². The lowest BCUT2D eigenvalue weighted by molar-refractivity contribution is -0.146. The molecule has 0 saturated carbocycles. The molecule has 26 heavy (non-hydrogen) atoms. The average Bonchev–Trinajstić information content (AvgIpc) is 2.66. The van der Waals surface area contributed by atoms with Gasteiger partial charge in [-0.2, -0.15) is 5.06 Å². The van der Waals surface area contributed by atoms with Crippen LogP contribution in [0.5, 0.6) is 0 Å². The van der Waals surface area contributed by atoms with E-state index in [2.05, 4.69) is 76.3 Å². The lowest BCUT2D eigenvalue weighted by Gasteiger charge is -2.42. The third-order valence-corrected chi connectivity index (χ3v) is 6.00. The Morgan fingerprint density at radius 1 is 1.08 bits per heavy atom. The number of hydrogen-bond acceptors (Lipinski definition) is 2. The maximum atomic E-state index is 11.4. The number of benzene rings is 2. The first-order valence-electron chi connectivity index (χ1n) is 9.54. The lowest BCUT2D eigenvalue weighted by Crippen LogP contribution is -2.36. The van der Waals surface area contributed by atoms with Crippen LogP contribution in [0.2, 0.25) is 0 Å². The first kappa shape index (κ1) is 17.3. The molecule has 1 aliphatic carbocycles. The first-order valence-corrected chi connectivity index (χ1v) is 9.54. The number of rotatable bonds is 2. The van der Waals surface area contributed by atoms with Crippen molar-refractivity contribution in [3.8, 4) is 0 Å². The van der Waals surface area contributed by atoms with Gasteiger partial charge in [0.1, 0.15) is 0 Å². The Morgan fingerprint density at radius 2 is 1.77 bits per heavy atom. The number of aryl methyl sites for hydroxylation is 2. The Hall–Kier alpha value is -2.16. The summed E-state index contributed by atoms with van der Waals surface area (Å²) in [6, 6.07) is 8.57. The third-order valence-electron chi connectivity index (χ3n) is 6.00. The maximum Gasteiger partial charge on any atom is 0.0866 e. The lowest BCUT2D eigenvalue weighted by atomic mass is 9.78. The van der Waals surface area contributed by atoms with Gasteiger partial charge in [0.15, 0.2) is 0 Å². The van der Waals surface area contributed by atoms with Gasteiger partial charge in [0.25, 0.3) is 0 Å². The van der Waals surface area contributed by atoms with Crippen molar-refractivity contribution in [3.63, 3.8) is 0 Å². The van der Waals surface area contributed by atoms with Crippen LogP contribution in [0.1, 0.15) is 61.0 Å². The Labute approximate surface area is 156 Å². The Balaban J connectivity index is 2.11. The van der Waals surface area contributed by atoms with Crippen molar-refractivity contribution >= 4 is 10.8 Å². The molecule has 0 fully saturated rings. The molecule has 0 unspecified atom stereocenters. The van der Waals surface area contributed by atoms with Gasteiger partial charge in [-0.3, -0.25) is 0 Å². The van der Waals surface area contributed by atoms with Crippen molar-refractivity contribution in [2.75, 3.05) is 0 Å². The molecular weight excluding hydrogens is 318 g/mol. The number of hydrogen-bond donors (Lipinski definition) is 1. The van der Waals surface area contributed by atoms with E-state index in [1.54, 1.807) is 5.06 Å². The van der Waals surface area contributed by atoms with E-state index < -0.39 is 0 Å². The normalized spacial score (nSPS) is 23.4. The molecule has 2 heteroatoms. The van der Waals surface area contributed by atoms with Gasteiger partial charge in [-0.25, -0.2) is 0 Å². The molecular formula is C24H27NO. The smallest absolute Gasteiger partial charge is 0.0866 e. The minimum Gasteiger partial charge on any atom is -0.312 e. The standard InChI is InChI=1S/C24H27NO/c1-5-15(2)23-20-16(3)11-13-18-14-12-17(4)21(22(18)20)24(25(23)26)19-9-7-6-8-10-19/h5,7,9-14,23-24,26H,6,8H2,1-4H3/b15-5+/t23-,24-/m0/s1. The van der Waals surface area contributed by atoms with Crippen LogP contribution in [-0.4, -0.2) is 10.3 Å². The van der Waals surface area contributed by atoms with E-state index >= 15 is 0 Å². The molecule has 2 aromatic carbocycles. The molecule has 1 aliphatic heterocycles. The Bertz CT molecular complexity index is 959. The monoisotopic (exact) mass is 345 g/mol. The Kier molecular flexibility index (Phi) is 4.34. The van der Waals surface area contributed by atoms with E-state index in [9.17, 15) is 5.21 Å². The molecule has 2 nitrogen and oxygen atoms in total. The average molecular weight is 345 g/mol. The molecule has 1 heterocycles. The van der Waals surface area contributed by atoms with Crippen LogP contribution in [0.15, 0.2) is 59.7 Å². The highest BCUT2D eigenvalue weighted by molar-refractivity contribution is 5.93. The fourth-order valence-electron chi connectivity index (χ4n) is 4.55. The maximum absolute atomic E-state index is 11.4. The summed E-state index contributed by atoms with van der Waals surface area (Å²) in [5.41, 5.74) is 7.36. The molecule has 2 aliphatic rings. The summed E-state index contributed by atoms with van der Waals surface area (Å²) in [7, 11) is 0. The molecule has 0 spiro atoms. The zero-order valence-electron chi connectivity index (χ0n) is 16.1. The number of nitrogens with zero attached hydrogens (tertiary/aromatic N) is 1. The molecule has 1 N–H and O–H groups in total. The fraction of sp³-hybridized carbons (Fsp3) is 0.333.